The standard InChI is InChI=1S/C18H18FNO3/c1-2-22-18(21)17-12-8-11(9-13(12)17)23-16-5-6-20-15-4-3-10(19)7-14(15)16/h3-7,11-13,17H,2,8-9H2,1H3/t11?,12-,13+,17?. The van der Waals surface area contributed by atoms with Crippen molar-refractivity contribution in [3.8, 4) is 5.75 Å². The molecule has 0 bridgehead atoms. The molecule has 2 aromatic rings. The van der Waals surface area contributed by atoms with Gasteiger partial charge in [-0.15, -0.1) is 0 Å². The van der Waals surface area contributed by atoms with Gasteiger partial charge in [-0.3, -0.25) is 9.78 Å². The van der Waals surface area contributed by atoms with Gasteiger partial charge in [-0.2, -0.15) is 0 Å². The van der Waals surface area contributed by atoms with E-state index in [0.29, 0.717) is 29.6 Å². The van der Waals surface area contributed by atoms with Crippen LogP contribution in [0, 0.1) is 23.6 Å². The Morgan fingerprint density at radius 2 is 2.09 bits per heavy atom. The second-order valence-electron chi connectivity index (χ2n) is 6.29. The van der Waals surface area contributed by atoms with Crippen LogP contribution in [0.5, 0.6) is 5.75 Å². The molecule has 120 valence electrons. The van der Waals surface area contributed by atoms with Gasteiger partial charge in [0.05, 0.1) is 24.1 Å². The third kappa shape index (κ3) is 2.54. The summed E-state index contributed by atoms with van der Waals surface area (Å²) in [5.41, 5.74) is 0.719. The van der Waals surface area contributed by atoms with E-state index in [1.165, 1.54) is 12.1 Å². The van der Waals surface area contributed by atoms with E-state index in [2.05, 4.69) is 4.98 Å². The molecule has 23 heavy (non-hydrogen) atoms. The first-order chi connectivity index (χ1) is 11.2. The predicted octanol–water partition coefficient (Wildman–Crippen LogP) is 3.34. The van der Waals surface area contributed by atoms with Gasteiger partial charge in [-0.1, -0.05) is 0 Å². The number of fused-ring (bicyclic) bond motifs is 2. The second-order valence-corrected chi connectivity index (χ2v) is 6.29. The van der Waals surface area contributed by atoms with Crippen molar-refractivity contribution in [3.63, 3.8) is 0 Å². The van der Waals surface area contributed by atoms with Gasteiger partial charge in [0.1, 0.15) is 11.6 Å². The van der Waals surface area contributed by atoms with Crippen LogP contribution < -0.4 is 4.74 Å². The minimum Gasteiger partial charge on any atom is -0.490 e. The van der Waals surface area contributed by atoms with E-state index in [0.717, 1.165) is 18.4 Å². The number of aromatic nitrogens is 1. The van der Waals surface area contributed by atoms with Gasteiger partial charge in [0, 0.05) is 11.6 Å². The summed E-state index contributed by atoms with van der Waals surface area (Å²) in [5.74, 6) is 1.10. The van der Waals surface area contributed by atoms with Crippen LogP contribution in [0.2, 0.25) is 0 Å². The highest BCUT2D eigenvalue weighted by Crippen LogP contribution is 2.58. The van der Waals surface area contributed by atoms with E-state index in [4.69, 9.17) is 9.47 Å². The maximum Gasteiger partial charge on any atom is 0.309 e. The SMILES string of the molecule is CCOC(=O)C1[C@H]2CC(Oc3ccnc4ccc(F)cc34)C[C@@H]12. The van der Waals surface area contributed by atoms with E-state index >= 15 is 0 Å². The van der Waals surface area contributed by atoms with Crippen molar-refractivity contribution < 1.29 is 18.7 Å². The Morgan fingerprint density at radius 1 is 1.30 bits per heavy atom. The topological polar surface area (TPSA) is 48.4 Å². The average Bonchev–Trinajstić information content (AvgIpc) is 3.05. The number of rotatable bonds is 4. The summed E-state index contributed by atoms with van der Waals surface area (Å²) in [7, 11) is 0. The van der Waals surface area contributed by atoms with Crippen LogP contribution in [-0.4, -0.2) is 23.7 Å². The van der Waals surface area contributed by atoms with Crippen LogP contribution in [-0.2, 0) is 9.53 Å². The molecule has 4 nitrogen and oxygen atoms in total. The first-order valence-corrected chi connectivity index (χ1v) is 8.05. The molecule has 5 heteroatoms. The Morgan fingerprint density at radius 3 is 2.83 bits per heavy atom. The summed E-state index contributed by atoms with van der Waals surface area (Å²) >= 11 is 0. The van der Waals surface area contributed by atoms with E-state index in [1.807, 2.05) is 6.92 Å². The molecule has 0 spiro atoms. The van der Waals surface area contributed by atoms with Crippen molar-refractivity contribution in [2.24, 2.45) is 17.8 Å². The Kier molecular flexibility index (Phi) is 3.43. The van der Waals surface area contributed by atoms with Crippen LogP contribution in [0.4, 0.5) is 4.39 Å². The normalized spacial score (nSPS) is 28.4. The monoisotopic (exact) mass is 315 g/mol. The number of hydrogen-bond donors (Lipinski definition) is 0. The molecule has 0 amide bonds. The van der Waals surface area contributed by atoms with Crippen LogP contribution in [0.15, 0.2) is 30.5 Å². The average molecular weight is 315 g/mol. The fourth-order valence-electron chi connectivity index (χ4n) is 3.85. The summed E-state index contributed by atoms with van der Waals surface area (Å²) < 4.78 is 24.6. The molecule has 1 aromatic carbocycles. The Labute approximate surface area is 133 Å². The lowest BCUT2D eigenvalue weighted by Crippen LogP contribution is -2.19. The molecule has 2 aliphatic rings. The van der Waals surface area contributed by atoms with Gasteiger partial charge >= 0.3 is 5.97 Å². The first-order valence-electron chi connectivity index (χ1n) is 8.05. The molecule has 1 heterocycles. The van der Waals surface area contributed by atoms with Gasteiger partial charge in [0.15, 0.2) is 0 Å². The fraction of sp³-hybridized carbons (Fsp3) is 0.444. The number of nitrogens with zero attached hydrogens (tertiary/aromatic N) is 1. The smallest absolute Gasteiger partial charge is 0.309 e. The van der Waals surface area contributed by atoms with Crippen molar-refractivity contribution in [1.82, 2.24) is 4.98 Å². The molecule has 4 rings (SSSR count). The summed E-state index contributed by atoms with van der Waals surface area (Å²) in [4.78, 5) is 16.0. The van der Waals surface area contributed by atoms with Crippen molar-refractivity contribution in [2.75, 3.05) is 6.61 Å². The lowest BCUT2D eigenvalue weighted by Gasteiger charge is -2.17. The zero-order chi connectivity index (χ0) is 16.0. The molecule has 4 atom stereocenters. The molecule has 2 saturated carbocycles. The third-order valence-corrected chi connectivity index (χ3v) is 4.92. The van der Waals surface area contributed by atoms with Crippen LogP contribution >= 0.6 is 0 Å². The summed E-state index contributed by atoms with van der Waals surface area (Å²) in [6.07, 6.45) is 3.46. The van der Waals surface area contributed by atoms with Crippen molar-refractivity contribution in [2.45, 2.75) is 25.9 Å². The van der Waals surface area contributed by atoms with Gasteiger partial charge in [-0.25, -0.2) is 4.39 Å². The number of benzene rings is 1. The second kappa shape index (κ2) is 5.48. The minimum absolute atomic E-state index is 0.0569. The number of hydrogen-bond acceptors (Lipinski definition) is 4. The molecular weight excluding hydrogens is 297 g/mol. The molecule has 0 aliphatic heterocycles. The van der Waals surface area contributed by atoms with Crippen molar-refractivity contribution in [1.29, 1.82) is 0 Å². The quantitative estimate of drug-likeness (QED) is 0.812. The van der Waals surface area contributed by atoms with Gasteiger partial charge < -0.3 is 9.47 Å². The van der Waals surface area contributed by atoms with Gasteiger partial charge in [-0.05, 0) is 55.9 Å². The largest absolute Gasteiger partial charge is 0.490 e. The number of pyridine rings is 1. The lowest BCUT2D eigenvalue weighted by molar-refractivity contribution is -0.145. The highest BCUT2D eigenvalue weighted by atomic mass is 19.1. The summed E-state index contributed by atoms with van der Waals surface area (Å²) in [6, 6.07) is 6.28. The Bertz CT molecular complexity index is 751. The lowest BCUT2D eigenvalue weighted by atomic mass is 10.1. The highest BCUT2D eigenvalue weighted by molar-refractivity contribution is 5.84. The van der Waals surface area contributed by atoms with Crippen molar-refractivity contribution in [3.05, 3.63) is 36.3 Å². The summed E-state index contributed by atoms with van der Waals surface area (Å²) in [5, 5.41) is 0.690. The number of carbonyl (C=O) groups excluding carboxylic acids is 1. The zero-order valence-electron chi connectivity index (χ0n) is 12.9. The third-order valence-electron chi connectivity index (χ3n) is 4.92. The maximum absolute atomic E-state index is 13.5. The van der Waals surface area contributed by atoms with Gasteiger partial charge in [0.2, 0.25) is 0 Å². The van der Waals surface area contributed by atoms with E-state index in [-0.39, 0.29) is 23.8 Å². The number of halogens is 1. The maximum atomic E-state index is 13.5. The summed E-state index contributed by atoms with van der Waals surface area (Å²) in [6.45, 7) is 2.26. The van der Waals surface area contributed by atoms with Crippen LogP contribution in [0.25, 0.3) is 10.9 Å². The van der Waals surface area contributed by atoms with Gasteiger partial charge in [0.25, 0.3) is 0 Å². The first kappa shape index (κ1) is 14.4. The van der Waals surface area contributed by atoms with E-state index < -0.39 is 0 Å². The fourth-order valence-corrected chi connectivity index (χ4v) is 3.85. The minimum atomic E-state index is -0.299. The molecule has 0 N–H and O–H groups in total. The molecule has 0 radical (unpaired) electrons. The molecule has 2 unspecified atom stereocenters. The molecule has 2 fully saturated rings. The zero-order valence-corrected chi connectivity index (χ0v) is 12.9. The van der Waals surface area contributed by atoms with Crippen molar-refractivity contribution >= 4 is 16.9 Å². The number of carbonyl (C=O) groups is 1. The van der Waals surface area contributed by atoms with E-state index in [1.54, 1.807) is 18.3 Å². The molecule has 1 aromatic heterocycles. The number of ether oxygens (including phenoxy) is 2. The highest BCUT2D eigenvalue weighted by Gasteiger charge is 2.61. The molecule has 2 aliphatic carbocycles. The van der Waals surface area contributed by atoms with Crippen LogP contribution in [0.3, 0.4) is 0 Å². The van der Waals surface area contributed by atoms with Crippen LogP contribution in [0.1, 0.15) is 19.8 Å². The predicted molar refractivity (Wildman–Crippen MR) is 82.5 cm³/mol. The molecule has 0 saturated heterocycles. The van der Waals surface area contributed by atoms with E-state index in [9.17, 15) is 9.18 Å². The Balaban J connectivity index is 1.46. The molecular formula is C18H18FNO3. The Hall–Kier alpha value is -2.17. The number of esters is 1.